The third-order valence-corrected chi connectivity index (χ3v) is 6.09. The van der Waals surface area contributed by atoms with Crippen molar-refractivity contribution in [3.8, 4) is 5.75 Å². The summed E-state index contributed by atoms with van der Waals surface area (Å²) < 4.78 is 13.0. The summed E-state index contributed by atoms with van der Waals surface area (Å²) in [6.07, 6.45) is 4.72. The van der Waals surface area contributed by atoms with Crippen molar-refractivity contribution in [2.24, 2.45) is 5.73 Å². The number of benzene rings is 2. The van der Waals surface area contributed by atoms with Gasteiger partial charge >= 0.3 is 5.97 Å². The molecule has 0 aliphatic carbocycles. The summed E-state index contributed by atoms with van der Waals surface area (Å²) >= 11 is 0. The molecule has 0 amide bonds. The van der Waals surface area contributed by atoms with Gasteiger partial charge in [0.05, 0.1) is 24.9 Å². The van der Waals surface area contributed by atoms with Crippen LogP contribution in [0.5, 0.6) is 5.75 Å². The number of esters is 1. The molecule has 3 N–H and O–H groups in total. The van der Waals surface area contributed by atoms with Gasteiger partial charge in [0, 0.05) is 24.0 Å². The number of carbonyl (C=O) groups excluding carboxylic acids is 1. The molecule has 0 radical (unpaired) electrons. The highest BCUT2D eigenvalue weighted by atomic mass is 16.5. The van der Waals surface area contributed by atoms with Crippen LogP contribution in [-0.2, 0) is 35.5 Å². The van der Waals surface area contributed by atoms with E-state index in [0.29, 0.717) is 6.61 Å². The number of hydrogen-bond donors (Lipinski definition) is 2. The lowest BCUT2D eigenvalue weighted by molar-refractivity contribution is -0.146. The van der Waals surface area contributed by atoms with Crippen LogP contribution in [0.15, 0.2) is 66.9 Å². The fraction of sp³-hybridized carbons (Fsp3) is 0.296. The molecule has 8 nitrogen and oxygen atoms in total. The summed E-state index contributed by atoms with van der Waals surface area (Å²) in [5, 5.41) is 8.69. The first-order chi connectivity index (χ1) is 17.2. The molecule has 1 aliphatic heterocycles. The van der Waals surface area contributed by atoms with E-state index in [4.69, 9.17) is 20.2 Å². The standard InChI is InChI=1S/C27H29N5O3/c28-24(27(33)35-18-19-5-2-1-3-6-19)17-32-25-11-10-23(15-21(25)16-30-32)34-14-12-22-9-8-20-7-4-13-29-26(20)31-22/h1-3,5-6,8-11,15-16,24H,4,7,12-14,17-18,28H2,(H,29,31). The Hall–Kier alpha value is -3.91. The molecule has 0 fully saturated rings. The minimum atomic E-state index is -0.809. The van der Waals surface area contributed by atoms with Crippen LogP contribution in [0.3, 0.4) is 0 Å². The van der Waals surface area contributed by atoms with Gasteiger partial charge in [-0.3, -0.25) is 9.48 Å². The average molecular weight is 472 g/mol. The van der Waals surface area contributed by atoms with Crippen LogP contribution >= 0.6 is 0 Å². The fourth-order valence-electron chi connectivity index (χ4n) is 4.18. The zero-order chi connectivity index (χ0) is 24.0. The molecule has 0 saturated heterocycles. The number of nitrogens with two attached hydrogens (primary N) is 1. The lowest BCUT2D eigenvalue weighted by Gasteiger charge is -2.17. The van der Waals surface area contributed by atoms with Crippen molar-refractivity contribution in [2.45, 2.75) is 38.5 Å². The van der Waals surface area contributed by atoms with Crippen molar-refractivity contribution in [1.82, 2.24) is 14.8 Å². The van der Waals surface area contributed by atoms with E-state index in [1.54, 1.807) is 10.9 Å². The van der Waals surface area contributed by atoms with Gasteiger partial charge in [-0.05, 0) is 48.2 Å². The number of anilines is 1. The van der Waals surface area contributed by atoms with E-state index in [1.165, 1.54) is 5.56 Å². The predicted molar refractivity (Wildman–Crippen MR) is 134 cm³/mol. The zero-order valence-corrected chi connectivity index (χ0v) is 19.5. The van der Waals surface area contributed by atoms with Crippen molar-refractivity contribution in [3.63, 3.8) is 0 Å². The summed E-state index contributed by atoms with van der Waals surface area (Å²) in [5.74, 6) is 1.31. The van der Waals surface area contributed by atoms with Crippen molar-refractivity contribution in [2.75, 3.05) is 18.5 Å². The fourth-order valence-corrected chi connectivity index (χ4v) is 4.18. The Bertz CT molecular complexity index is 1300. The molecule has 0 bridgehead atoms. The van der Waals surface area contributed by atoms with Gasteiger partial charge in [-0.2, -0.15) is 5.10 Å². The Kier molecular flexibility index (Phi) is 6.90. The first kappa shape index (κ1) is 22.9. The molecule has 4 aromatic rings. The van der Waals surface area contributed by atoms with Crippen molar-refractivity contribution < 1.29 is 14.3 Å². The van der Waals surface area contributed by atoms with Gasteiger partial charge in [0.2, 0.25) is 0 Å². The van der Waals surface area contributed by atoms with E-state index in [0.717, 1.165) is 59.5 Å². The number of nitrogens with one attached hydrogen (secondary N) is 1. The largest absolute Gasteiger partial charge is 0.493 e. The minimum Gasteiger partial charge on any atom is -0.493 e. The van der Waals surface area contributed by atoms with Crippen molar-refractivity contribution >= 4 is 22.7 Å². The molecule has 1 unspecified atom stereocenters. The second kappa shape index (κ2) is 10.6. The second-order valence-electron chi connectivity index (χ2n) is 8.69. The van der Waals surface area contributed by atoms with Gasteiger partial charge in [-0.15, -0.1) is 0 Å². The molecule has 180 valence electrons. The smallest absolute Gasteiger partial charge is 0.325 e. The first-order valence-electron chi connectivity index (χ1n) is 11.9. The van der Waals surface area contributed by atoms with Gasteiger partial charge < -0.3 is 20.5 Å². The van der Waals surface area contributed by atoms with Crippen LogP contribution in [-0.4, -0.2) is 39.9 Å². The topological polar surface area (TPSA) is 104 Å². The van der Waals surface area contributed by atoms with Crippen LogP contribution in [0.25, 0.3) is 10.9 Å². The monoisotopic (exact) mass is 471 g/mol. The SMILES string of the molecule is NC(Cn1ncc2cc(OCCc3ccc4c(n3)NCCC4)ccc21)C(=O)OCc1ccccc1. The molecular weight excluding hydrogens is 442 g/mol. The van der Waals surface area contributed by atoms with E-state index in [2.05, 4.69) is 22.5 Å². The number of carbonyl (C=O) groups is 1. The molecule has 0 saturated carbocycles. The maximum absolute atomic E-state index is 12.3. The Morgan fingerprint density at radius 3 is 2.91 bits per heavy atom. The quantitative estimate of drug-likeness (QED) is 0.360. The van der Waals surface area contributed by atoms with Crippen LogP contribution < -0.4 is 15.8 Å². The first-order valence-corrected chi connectivity index (χ1v) is 11.9. The average Bonchev–Trinajstić information content (AvgIpc) is 3.29. The Labute approximate surface area is 204 Å². The van der Waals surface area contributed by atoms with Gasteiger partial charge in [-0.1, -0.05) is 36.4 Å². The van der Waals surface area contributed by atoms with Crippen LogP contribution in [0.2, 0.25) is 0 Å². The van der Waals surface area contributed by atoms with Gasteiger partial charge in [0.1, 0.15) is 24.2 Å². The number of ether oxygens (including phenoxy) is 2. The normalized spacial score (nSPS) is 13.6. The number of fused-ring (bicyclic) bond motifs is 2. The Morgan fingerprint density at radius 1 is 1.14 bits per heavy atom. The number of hydrogen-bond acceptors (Lipinski definition) is 7. The molecule has 1 atom stereocenters. The van der Waals surface area contributed by atoms with Crippen LogP contribution in [0, 0.1) is 0 Å². The maximum atomic E-state index is 12.3. The van der Waals surface area contributed by atoms with Gasteiger partial charge in [0.15, 0.2) is 0 Å². The van der Waals surface area contributed by atoms with Crippen molar-refractivity contribution in [1.29, 1.82) is 0 Å². The number of aryl methyl sites for hydroxylation is 1. The Balaban J connectivity index is 1.15. The molecule has 2 aromatic carbocycles. The molecule has 3 heterocycles. The number of rotatable bonds is 9. The predicted octanol–water partition coefficient (Wildman–Crippen LogP) is 3.48. The summed E-state index contributed by atoms with van der Waals surface area (Å²) in [4.78, 5) is 17.0. The molecule has 1 aliphatic rings. The van der Waals surface area contributed by atoms with Crippen molar-refractivity contribution in [3.05, 3.63) is 83.7 Å². The van der Waals surface area contributed by atoms with Gasteiger partial charge in [-0.25, -0.2) is 4.98 Å². The molecule has 8 heteroatoms. The summed E-state index contributed by atoms with van der Waals surface area (Å²) in [6, 6.07) is 18.7. The molecular formula is C27H29N5O3. The second-order valence-corrected chi connectivity index (χ2v) is 8.69. The van der Waals surface area contributed by atoms with E-state index in [1.807, 2.05) is 48.5 Å². The van der Waals surface area contributed by atoms with E-state index >= 15 is 0 Å². The highest BCUT2D eigenvalue weighted by Gasteiger charge is 2.18. The van der Waals surface area contributed by atoms with Crippen LogP contribution in [0.4, 0.5) is 5.82 Å². The summed E-state index contributed by atoms with van der Waals surface area (Å²) in [5.41, 5.74) is 10.2. The molecule has 2 aromatic heterocycles. The van der Waals surface area contributed by atoms with E-state index in [9.17, 15) is 4.79 Å². The molecule has 5 rings (SSSR count). The Morgan fingerprint density at radius 2 is 2.03 bits per heavy atom. The van der Waals surface area contributed by atoms with E-state index in [-0.39, 0.29) is 13.2 Å². The third kappa shape index (κ3) is 5.60. The number of pyridine rings is 1. The summed E-state index contributed by atoms with van der Waals surface area (Å²) in [6.45, 7) is 1.94. The highest BCUT2D eigenvalue weighted by molar-refractivity contribution is 5.81. The lowest BCUT2D eigenvalue weighted by Crippen LogP contribution is -2.36. The zero-order valence-electron chi connectivity index (χ0n) is 19.5. The van der Waals surface area contributed by atoms with E-state index < -0.39 is 12.0 Å². The maximum Gasteiger partial charge on any atom is 0.325 e. The molecule has 35 heavy (non-hydrogen) atoms. The van der Waals surface area contributed by atoms with Crippen LogP contribution in [0.1, 0.15) is 23.2 Å². The van der Waals surface area contributed by atoms with Gasteiger partial charge in [0.25, 0.3) is 0 Å². The lowest BCUT2D eigenvalue weighted by atomic mass is 10.1. The molecule has 0 spiro atoms. The highest BCUT2D eigenvalue weighted by Crippen LogP contribution is 2.22. The number of aromatic nitrogens is 3. The third-order valence-electron chi connectivity index (χ3n) is 6.09. The summed E-state index contributed by atoms with van der Waals surface area (Å²) in [7, 11) is 0. The minimum absolute atomic E-state index is 0.200. The number of nitrogens with zero attached hydrogens (tertiary/aromatic N) is 3.